The van der Waals surface area contributed by atoms with Crippen molar-refractivity contribution in [1.82, 2.24) is 10.6 Å². The number of aliphatic hydroxyl groups is 2. The Hall–Kier alpha value is -3.84. The number of halogens is 2. The zero-order chi connectivity index (χ0) is 41.0. The zero-order valence-electron chi connectivity index (χ0n) is 33.5. The number of carbonyl (C=O) groups is 2. The monoisotopic (exact) mass is 828 g/mol. The van der Waals surface area contributed by atoms with E-state index in [1.165, 1.54) is 0 Å². The number of fused-ring (bicyclic) bond motifs is 2. The molecule has 0 spiro atoms. The fourth-order valence-electron chi connectivity index (χ4n) is 10.5. The van der Waals surface area contributed by atoms with Crippen LogP contribution >= 0.6 is 23.2 Å². The average molecular weight is 830 g/mol. The molecule has 4 unspecified atom stereocenters. The SMILES string of the molecule is CC1(C)C[N+](OC(=O)C(O)C(O)C(=O)O[N+]2([C@@H]3C[C@H](c4ccccc4)c4ccc(Cl)cc43)CCNC(C)(C)C2)([C@@H]2C[C@H](c3ccccc3)c3ccc(Cl)cc32)CCN1. The topological polar surface area (TPSA) is 117 Å². The van der Waals surface area contributed by atoms with Crippen LogP contribution in [0.2, 0.25) is 10.0 Å². The number of hydrogen-bond acceptors (Lipinski definition) is 8. The van der Waals surface area contributed by atoms with Gasteiger partial charge in [-0.15, -0.1) is 9.29 Å². The van der Waals surface area contributed by atoms with Gasteiger partial charge in [-0.25, -0.2) is 9.59 Å². The Morgan fingerprint density at radius 2 is 1.00 bits per heavy atom. The number of quaternary nitrogens is 2. The molecule has 4 aromatic rings. The maximum atomic E-state index is 14.3. The van der Waals surface area contributed by atoms with Crippen LogP contribution in [0.15, 0.2) is 97.1 Å². The van der Waals surface area contributed by atoms with Gasteiger partial charge in [-0.1, -0.05) is 96.0 Å². The fourth-order valence-corrected chi connectivity index (χ4v) is 10.8. The molecular formula is C46H54Cl2N4O6+2. The van der Waals surface area contributed by atoms with E-state index >= 15 is 0 Å². The van der Waals surface area contributed by atoms with E-state index in [-0.39, 0.29) is 33.2 Å². The molecule has 0 aromatic heterocycles. The number of hydrogen-bond donors (Lipinski definition) is 4. The van der Waals surface area contributed by atoms with Gasteiger partial charge >= 0.3 is 11.9 Å². The molecule has 0 bridgehead atoms. The first kappa shape index (κ1) is 40.9. The van der Waals surface area contributed by atoms with Crippen molar-refractivity contribution in [1.29, 1.82) is 0 Å². The fraction of sp³-hybridized carbons (Fsp3) is 0.435. The predicted octanol–water partition coefficient (Wildman–Crippen LogP) is 6.88. The number of nitrogens with zero attached hydrogens (tertiary/aromatic N) is 2. The van der Waals surface area contributed by atoms with Gasteiger partial charge in [0.1, 0.15) is 26.2 Å². The molecule has 4 N–H and O–H groups in total. The Labute approximate surface area is 350 Å². The summed E-state index contributed by atoms with van der Waals surface area (Å²) in [6, 6.07) is 31.6. The van der Waals surface area contributed by atoms with Crippen LogP contribution in [0.1, 0.15) is 97.8 Å². The second kappa shape index (κ2) is 15.6. The summed E-state index contributed by atoms with van der Waals surface area (Å²) >= 11 is 13.2. The molecular weight excluding hydrogens is 775 g/mol. The van der Waals surface area contributed by atoms with E-state index in [2.05, 4.69) is 34.9 Å². The summed E-state index contributed by atoms with van der Waals surface area (Å²) in [5.41, 5.74) is 5.53. The molecule has 0 radical (unpaired) electrons. The van der Waals surface area contributed by atoms with Crippen LogP contribution in [-0.2, 0) is 19.3 Å². The van der Waals surface area contributed by atoms with Crippen LogP contribution in [0.3, 0.4) is 0 Å². The van der Waals surface area contributed by atoms with E-state index in [1.54, 1.807) is 0 Å². The molecule has 2 aliphatic heterocycles. The number of piperazine rings is 2. The number of nitrogens with one attached hydrogen (secondary N) is 2. The van der Waals surface area contributed by atoms with E-state index in [4.69, 9.17) is 32.9 Å². The van der Waals surface area contributed by atoms with Gasteiger partial charge in [0, 0.05) is 58.9 Å². The quantitative estimate of drug-likeness (QED) is 0.135. The van der Waals surface area contributed by atoms with E-state index in [0.29, 0.717) is 62.2 Å². The van der Waals surface area contributed by atoms with E-state index in [1.807, 2.05) is 100 Å². The number of benzene rings is 4. The van der Waals surface area contributed by atoms with Gasteiger partial charge in [0.15, 0.2) is 24.3 Å². The van der Waals surface area contributed by atoms with E-state index in [0.717, 1.165) is 33.4 Å². The average Bonchev–Trinajstić information content (AvgIpc) is 3.76. The number of aliphatic hydroxyl groups excluding tert-OH is 2. The molecule has 8 rings (SSSR count). The van der Waals surface area contributed by atoms with Crippen molar-refractivity contribution >= 4 is 35.1 Å². The Morgan fingerprint density at radius 1 is 0.621 bits per heavy atom. The lowest BCUT2D eigenvalue weighted by Crippen LogP contribution is -2.69. The molecule has 8 atom stereocenters. The third kappa shape index (κ3) is 7.82. The Bertz CT molecular complexity index is 2020. The lowest BCUT2D eigenvalue weighted by molar-refractivity contribution is -1.12. The third-order valence-electron chi connectivity index (χ3n) is 12.9. The summed E-state index contributed by atoms with van der Waals surface area (Å²) in [5, 5.41) is 31.4. The molecule has 4 aliphatic rings. The van der Waals surface area contributed by atoms with Crippen molar-refractivity contribution in [2.24, 2.45) is 0 Å². The minimum Gasteiger partial charge on any atom is -0.378 e. The van der Waals surface area contributed by atoms with Gasteiger partial charge in [0.25, 0.3) is 0 Å². The maximum absolute atomic E-state index is 14.3. The van der Waals surface area contributed by atoms with Gasteiger partial charge in [-0.2, -0.15) is 0 Å². The highest BCUT2D eigenvalue weighted by Gasteiger charge is 2.57. The number of rotatable bonds is 9. The Morgan fingerprint density at radius 3 is 1.36 bits per heavy atom. The van der Waals surface area contributed by atoms with Crippen LogP contribution in [-0.4, -0.2) is 94.0 Å². The van der Waals surface area contributed by atoms with Gasteiger partial charge in [-0.05, 0) is 74.2 Å². The first-order valence-electron chi connectivity index (χ1n) is 20.3. The molecule has 2 saturated heterocycles. The zero-order valence-corrected chi connectivity index (χ0v) is 35.0. The van der Waals surface area contributed by atoms with Crippen LogP contribution in [0, 0.1) is 0 Å². The highest BCUT2D eigenvalue weighted by Crippen LogP contribution is 2.53. The van der Waals surface area contributed by atoms with Gasteiger partial charge in [-0.3, -0.25) is 9.68 Å². The first-order chi connectivity index (χ1) is 27.6. The Kier molecular flexibility index (Phi) is 11.0. The van der Waals surface area contributed by atoms with Crippen molar-refractivity contribution in [3.8, 4) is 0 Å². The summed E-state index contributed by atoms with van der Waals surface area (Å²) in [4.78, 5) is 41.4. The molecule has 10 nitrogen and oxygen atoms in total. The summed E-state index contributed by atoms with van der Waals surface area (Å²) in [7, 11) is 0. The Balaban J connectivity index is 1.08. The summed E-state index contributed by atoms with van der Waals surface area (Å²) in [5.74, 6) is -2.14. The molecule has 306 valence electrons. The molecule has 2 heterocycles. The van der Waals surface area contributed by atoms with Crippen LogP contribution in [0.5, 0.6) is 0 Å². The molecule has 0 saturated carbocycles. The second-order valence-corrected chi connectivity index (χ2v) is 18.8. The summed E-state index contributed by atoms with van der Waals surface area (Å²) < 4.78 is -0.288. The van der Waals surface area contributed by atoms with Crippen molar-refractivity contribution in [3.63, 3.8) is 0 Å². The molecule has 4 aromatic carbocycles. The largest absolute Gasteiger partial charge is 0.398 e. The van der Waals surface area contributed by atoms with Crippen molar-refractivity contribution in [2.45, 2.75) is 87.7 Å². The normalized spacial score (nSPS) is 29.4. The predicted molar refractivity (Wildman–Crippen MR) is 223 cm³/mol. The van der Waals surface area contributed by atoms with E-state index < -0.39 is 35.2 Å². The maximum Gasteiger partial charge on any atom is 0.398 e. The van der Waals surface area contributed by atoms with Crippen LogP contribution in [0.25, 0.3) is 0 Å². The summed E-state index contributed by atoms with van der Waals surface area (Å²) in [6.45, 7) is 10.8. The molecule has 12 heteroatoms. The number of hydroxylamine groups is 6. The first-order valence-corrected chi connectivity index (χ1v) is 21.1. The highest BCUT2D eigenvalue weighted by molar-refractivity contribution is 6.31. The highest BCUT2D eigenvalue weighted by atomic mass is 35.5. The molecule has 2 fully saturated rings. The number of carbonyl (C=O) groups excluding carboxylic acids is 2. The van der Waals surface area contributed by atoms with Crippen molar-refractivity contribution in [2.75, 3.05) is 39.3 Å². The minimum atomic E-state index is -2.20. The molecule has 0 amide bonds. The van der Waals surface area contributed by atoms with Crippen molar-refractivity contribution in [3.05, 3.63) is 140 Å². The third-order valence-corrected chi connectivity index (χ3v) is 13.3. The van der Waals surface area contributed by atoms with E-state index in [9.17, 15) is 19.8 Å². The van der Waals surface area contributed by atoms with Gasteiger partial charge in [0.2, 0.25) is 0 Å². The summed E-state index contributed by atoms with van der Waals surface area (Å²) in [6.07, 6.45) is -3.15. The van der Waals surface area contributed by atoms with Crippen LogP contribution in [0.4, 0.5) is 0 Å². The molecule has 2 aliphatic carbocycles. The minimum absolute atomic E-state index is 0.0240. The van der Waals surface area contributed by atoms with Gasteiger partial charge < -0.3 is 20.8 Å². The smallest absolute Gasteiger partial charge is 0.378 e. The van der Waals surface area contributed by atoms with Crippen LogP contribution < -0.4 is 10.6 Å². The lowest BCUT2D eigenvalue weighted by atomic mass is 9.93. The van der Waals surface area contributed by atoms with Crippen molar-refractivity contribution < 1.29 is 38.8 Å². The molecule has 58 heavy (non-hydrogen) atoms. The lowest BCUT2D eigenvalue weighted by Gasteiger charge is -2.48. The van der Waals surface area contributed by atoms with Gasteiger partial charge in [0.05, 0.1) is 11.1 Å². The standard InChI is InChI=1S/C46H54Cl2N4O6/c1-45(2)27-51(21-19-49-45,39-25-35(29-11-7-5-8-12-29)33-17-15-31(47)23-37(33)39)57-43(55)41(53)42(54)44(56)58-52(22-20-50-46(3,4)28-52)40-26-36(30-13-9-6-10-14-30)34-18-16-32(48)24-38(34)40/h5-18,23-24,35-36,39-42,49-50,53-54H,19-22,25-28H2,1-4H3/q+2/t35-,36-,39-,40-,41?,42?,51?,52?/m1/s1. The second-order valence-electron chi connectivity index (χ2n) is 18.0.